The fraction of sp³-hybridized carbons (Fsp3) is 0.200. The van der Waals surface area contributed by atoms with E-state index in [1.807, 2.05) is 6.92 Å². The lowest BCUT2D eigenvalue weighted by atomic mass is 9.95. The maximum Gasteiger partial charge on any atom is 0.361 e. The van der Waals surface area contributed by atoms with Gasteiger partial charge >= 0.3 is 5.91 Å². The summed E-state index contributed by atoms with van der Waals surface area (Å²) >= 11 is 0. The van der Waals surface area contributed by atoms with Crippen LogP contribution in [0.1, 0.15) is 34.3 Å². The van der Waals surface area contributed by atoms with Gasteiger partial charge in [-0.05, 0) is 36.8 Å². The Bertz CT molecular complexity index is 866. The van der Waals surface area contributed by atoms with Crippen LogP contribution < -0.4 is 4.84 Å². The van der Waals surface area contributed by atoms with Gasteiger partial charge in [-0.2, -0.15) is 0 Å². The highest BCUT2D eigenvalue weighted by molar-refractivity contribution is 6.07. The number of hydrogen-bond donors (Lipinski definition) is 1. The largest absolute Gasteiger partial charge is 0.508 e. The number of fused-ring (bicyclic) bond motifs is 1. The van der Waals surface area contributed by atoms with Crippen molar-refractivity contribution in [2.24, 2.45) is 0 Å². The molecule has 1 aliphatic heterocycles. The summed E-state index contributed by atoms with van der Waals surface area (Å²) in [7, 11) is 3.36. The maximum absolute atomic E-state index is 12.4. The Morgan fingerprint density at radius 2 is 1.84 bits per heavy atom. The first kappa shape index (κ1) is 16.9. The number of benzene rings is 2. The molecule has 3 rings (SSSR count). The SMILES string of the molecule is CC1C(=O)[N+](C)(C)Oc2cc(C(=O)C=Cc3ccc(O)cc3)ccc21. The van der Waals surface area contributed by atoms with E-state index < -0.39 is 0 Å². The molecule has 0 spiro atoms. The molecule has 0 bridgehead atoms. The van der Waals surface area contributed by atoms with Crippen LogP contribution in [0.3, 0.4) is 0 Å². The van der Waals surface area contributed by atoms with Crippen LogP contribution in [0.4, 0.5) is 0 Å². The summed E-state index contributed by atoms with van der Waals surface area (Å²) in [5.41, 5.74) is 2.11. The average molecular weight is 338 g/mol. The third-order valence-electron chi connectivity index (χ3n) is 4.31. The zero-order chi connectivity index (χ0) is 18.2. The van der Waals surface area contributed by atoms with E-state index in [1.165, 1.54) is 6.08 Å². The van der Waals surface area contributed by atoms with Gasteiger partial charge in [0, 0.05) is 11.1 Å². The molecule has 1 aliphatic rings. The molecule has 5 nitrogen and oxygen atoms in total. The number of amides is 1. The van der Waals surface area contributed by atoms with Crippen LogP contribution in [0, 0.1) is 0 Å². The Labute approximate surface area is 146 Å². The van der Waals surface area contributed by atoms with E-state index in [2.05, 4.69) is 0 Å². The lowest BCUT2D eigenvalue weighted by molar-refractivity contribution is -0.984. The number of aromatic hydroxyl groups is 1. The number of hydrogen-bond acceptors (Lipinski definition) is 4. The number of hydroxylamine groups is 3. The van der Waals surface area contributed by atoms with Crippen molar-refractivity contribution in [2.45, 2.75) is 12.8 Å². The molecule has 25 heavy (non-hydrogen) atoms. The van der Waals surface area contributed by atoms with E-state index in [0.717, 1.165) is 11.1 Å². The van der Waals surface area contributed by atoms with Crippen LogP contribution in [0.5, 0.6) is 11.5 Å². The minimum absolute atomic E-state index is 0.0289. The van der Waals surface area contributed by atoms with Gasteiger partial charge < -0.3 is 9.94 Å². The third kappa shape index (κ3) is 3.32. The maximum atomic E-state index is 12.4. The number of phenolic OH excluding ortho intramolecular Hbond substituents is 1. The molecule has 128 valence electrons. The van der Waals surface area contributed by atoms with Gasteiger partial charge in [-0.1, -0.05) is 35.0 Å². The quantitative estimate of drug-likeness (QED) is 0.530. The van der Waals surface area contributed by atoms with Crippen molar-refractivity contribution in [2.75, 3.05) is 14.1 Å². The molecule has 0 fully saturated rings. The summed E-state index contributed by atoms with van der Waals surface area (Å²) < 4.78 is -0.199. The number of rotatable bonds is 3. The highest BCUT2D eigenvalue weighted by atomic mass is 16.7. The molecule has 1 N–H and O–H groups in total. The van der Waals surface area contributed by atoms with Gasteiger partial charge in [0.25, 0.3) is 0 Å². The van der Waals surface area contributed by atoms with E-state index in [1.54, 1.807) is 62.6 Å². The smallest absolute Gasteiger partial charge is 0.361 e. The van der Waals surface area contributed by atoms with Crippen LogP contribution >= 0.6 is 0 Å². The van der Waals surface area contributed by atoms with E-state index in [0.29, 0.717) is 11.3 Å². The number of carbonyl (C=O) groups is 2. The Morgan fingerprint density at radius 1 is 1.16 bits per heavy atom. The van der Waals surface area contributed by atoms with Gasteiger partial charge in [-0.25, -0.2) is 4.79 Å². The molecular formula is C20H20NO4+. The van der Waals surface area contributed by atoms with Crippen LogP contribution in [0.25, 0.3) is 6.08 Å². The second-order valence-electron chi connectivity index (χ2n) is 6.54. The molecule has 1 atom stereocenters. The van der Waals surface area contributed by atoms with Crippen LogP contribution in [-0.2, 0) is 4.79 Å². The number of quaternary nitrogens is 1. The third-order valence-corrected chi connectivity index (χ3v) is 4.31. The fourth-order valence-electron chi connectivity index (χ4n) is 2.87. The molecule has 0 saturated carbocycles. The zero-order valence-electron chi connectivity index (χ0n) is 14.4. The molecule has 0 aliphatic carbocycles. The summed E-state index contributed by atoms with van der Waals surface area (Å²) in [5, 5.41) is 9.28. The van der Waals surface area contributed by atoms with Crippen molar-refractivity contribution in [3.8, 4) is 11.5 Å². The van der Waals surface area contributed by atoms with Gasteiger partial charge in [0.2, 0.25) is 0 Å². The second kappa shape index (κ2) is 6.18. The van der Waals surface area contributed by atoms with Gasteiger partial charge in [0.15, 0.2) is 11.5 Å². The van der Waals surface area contributed by atoms with Gasteiger partial charge in [-0.3, -0.25) is 4.79 Å². The molecular weight excluding hydrogens is 318 g/mol. The summed E-state index contributed by atoms with van der Waals surface area (Å²) in [6.45, 7) is 1.84. The van der Waals surface area contributed by atoms with Crippen molar-refractivity contribution < 1.29 is 24.2 Å². The van der Waals surface area contributed by atoms with Crippen LogP contribution in [-0.4, -0.2) is 35.5 Å². The predicted octanol–water partition coefficient (Wildman–Crippen LogP) is 3.30. The first-order valence-electron chi connectivity index (χ1n) is 8.01. The molecule has 1 unspecified atom stereocenters. The topological polar surface area (TPSA) is 63.6 Å². The number of likely N-dealkylation sites (N-methyl/N-ethyl adjacent to an activating group) is 1. The van der Waals surface area contributed by atoms with Crippen molar-refractivity contribution in [1.82, 2.24) is 0 Å². The molecule has 2 aromatic rings. The van der Waals surface area contributed by atoms with E-state index in [4.69, 9.17) is 4.84 Å². The van der Waals surface area contributed by atoms with Gasteiger partial charge in [-0.15, -0.1) is 0 Å². The Morgan fingerprint density at radius 3 is 2.52 bits per heavy atom. The monoisotopic (exact) mass is 338 g/mol. The first-order valence-corrected chi connectivity index (χ1v) is 8.01. The van der Waals surface area contributed by atoms with Crippen molar-refractivity contribution in [3.63, 3.8) is 0 Å². The van der Waals surface area contributed by atoms with Crippen LogP contribution in [0.2, 0.25) is 0 Å². The Balaban J connectivity index is 1.86. The number of nitrogens with zero attached hydrogens (tertiary/aromatic N) is 1. The highest BCUT2D eigenvalue weighted by Crippen LogP contribution is 2.36. The standard InChI is InChI=1S/C20H19NO4/c1-13-17-10-7-15(12-19(17)25-21(2,3)20(13)24)18(23)11-6-14-4-8-16(22)9-5-14/h4-13H,1-3H3/p+1. The molecule has 5 heteroatoms. The average Bonchev–Trinajstić information content (AvgIpc) is 2.58. The van der Waals surface area contributed by atoms with Crippen molar-refractivity contribution >= 4 is 17.8 Å². The number of carbonyl (C=O) groups excluding carboxylic acids is 2. The lowest BCUT2D eigenvalue weighted by Gasteiger charge is -2.33. The predicted molar refractivity (Wildman–Crippen MR) is 94.1 cm³/mol. The molecule has 1 heterocycles. The van der Waals surface area contributed by atoms with Gasteiger partial charge in [0.05, 0.1) is 0 Å². The number of phenols is 1. The Kier molecular flexibility index (Phi) is 4.18. The number of ketones is 1. The van der Waals surface area contributed by atoms with Crippen molar-refractivity contribution in [3.05, 3.63) is 65.2 Å². The zero-order valence-corrected chi connectivity index (χ0v) is 14.4. The normalized spacial score (nSPS) is 18.7. The first-order chi connectivity index (χ1) is 11.8. The minimum Gasteiger partial charge on any atom is -0.508 e. The molecule has 1 amide bonds. The van der Waals surface area contributed by atoms with Crippen LogP contribution in [0.15, 0.2) is 48.5 Å². The summed E-state index contributed by atoms with van der Waals surface area (Å²) in [6, 6.07) is 11.7. The summed E-state index contributed by atoms with van der Waals surface area (Å²) in [6.07, 6.45) is 3.17. The molecule has 2 aromatic carbocycles. The fourth-order valence-corrected chi connectivity index (χ4v) is 2.87. The minimum atomic E-state index is -0.282. The summed E-state index contributed by atoms with van der Waals surface area (Å²) in [4.78, 5) is 30.4. The second-order valence-corrected chi connectivity index (χ2v) is 6.54. The molecule has 0 radical (unpaired) electrons. The van der Waals surface area contributed by atoms with E-state index >= 15 is 0 Å². The van der Waals surface area contributed by atoms with Gasteiger partial charge in [0.1, 0.15) is 25.8 Å². The Hall–Kier alpha value is -2.92. The molecule has 0 saturated heterocycles. The number of allylic oxidation sites excluding steroid dienone is 1. The van der Waals surface area contributed by atoms with E-state index in [9.17, 15) is 14.7 Å². The van der Waals surface area contributed by atoms with Crippen molar-refractivity contribution in [1.29, 1.82) is 0 Å². The molecule has 0 aromatic heterocycles. The highest BCUT2D eigenvalue weighted by Gasteiger charge is 2.42. The van der Waals surface area contributed by atoms with E-state index in [-0.39, 0.29) is 28.0 Å². The lowest BCUT2D eigenvalue weighted by Crippen LogP contribution is -2.53. The summed E-state index contributed by atoms with van der Waals surface area (Å²) in [5.74, 6) is 0.268.